The Kier molecular flexibility index (Phi) is 9.23. The van der Waals surface area contributed by atoms with Crippen molar-refractivity contribution in [3.63, 3.8) is 0 Å². The van der Waals surface area contributed by atoms with Crippen molar-refractivity contribution in [2.75, 3.05) is 57.3 Å². The SMILES string of the molecule is C[C@@H]1CNCCN1C[C@H]1CN(C(=O)OC(C)(C)C)[C@H](C)CN1C(=O)CN1CC(C)(C)c2ncc(Cc3ccc(F)cc3)cc21. The van der Waals surface area contributed by atoms with Gasteiger partial charge >= 0.3 is 6.09 Å². The van der Waals surface area contributed by atoms with E-state index in [0.29, 0.717) is 38.6 Å². The number of carbonyl (C=O) groups excluding carboxylic acids is 2. The summed E-state index contributed by atoms with van der Waals surface area (Å²) in [6, 6.07) is 8.71. The van der Waals surface area contributed by atoms with Crippen molar-refractivity contribution < 1.29 is 18.7 Å². The Balaban J connectivity index is 1.36. The molecule has 0 aliphatic carbocycles. The van der Waals surface area contributed by atoms with Gasteiger partial charge < -0.3 is 24.8 Å². The van der Waals surface area contributed by atoms with Crippen molar-refractivity contribution in [3.8, 4) is 0 Å². The zero-order valence-electron chi connectivity index (χ0n) is 27.4. The average molecular weight is 609 g/mol. The van der Waals surface area contributed by atoms with Crippen LogP contribution in [0.1, 0.15) is 65.3 Å². The second kappa shape index (κ2) is 12.6. The number of piperazine rings is 2. The molecule has 3 aliphatic rings. The molecule has 0 spiro atoms. The number of benzene rings is 1. The molecule has 1 N–H and O–H groups in total. The summed E-state index contributed by atoms with van der Waals surface area (Å²) in [5.41, 5.74) is 3.21. The lowest BCUT2D eigenvalue weighted by atomic mass is 9.91. The van der Waals surface area contributed by atoms with Gasteiger partial charge in [-0.25, -0.2) is 9.18 Å². The van der Waals surface area contributed by atoms with Gasteiger partial charge in [-0.3, -0.25) is 14.7 Å². The molecule has 0 bridgehead atoms. The number of halogens is 1. The number of amides is 2. The molecular formula is C34H49FN6O3. The summed E-state index contributed by atoms with van der Waals surface area (Å²) >= 11 is 0. The van der Waals surface area contributed by atoms with Gasteiger partial charge in [0.1, 0.15) is 11.4 Å². The predicted octanol–water partition coefficient (Wildman–Crippen LogP) is 4.04. The molecule has 2 fully saturated rings. The third kappa shape index (κ3) is 7.34. The molecule has 3 aliphatic heterocycles. The van der Waals surface area contributed by atoms with E-state index < -0.39 is 5.60 Å². The van der Waals surface area contributed by atoms with Gasteiger partial charge in [0, 0.05) is 69.5 Å². The first kappa shape index (κ1) is 32.2. The zero-order valence-corrected chi connectivity index (χ0v) is 27.4. The third-order valence-corrected chi connectivity index (χ3v) is 9.01. The van der Waals surface area contributed by atoms with Crippen LogP contribution < -0.4 is 10.2 Å². The number of hydrogen-bond acceptors (Lipinski definition) is 7. The molecule has 9 nitrogen and oxygen atoms in total. The largest absolute Gasteiger partial charge is 0.444 e. The Morgan fingerprint density at radius 3 is 2.48 bits per heavy atom. The van der Waals surface area contributed by atoms with E-state index in [4.69, 9.17) is 9.72 Å². The molecule has 2 aromatic rings. The number of fused-ring (bicyclic) bond motifs is 1. The minimum atomic E-state index is -0.591. The highest BCUT2D eigenvalue weighted by Gasteiger charge is 2.42. The van der Waals surface area contributed by atoms with Crippen LogP contribution in [-0.4, -0.2) is 108 Å². The van der Waals surface area contributed by atoms with E-state index in [1.165, 1.54) is 12.1 Å². The normalized spacial score (nSPS) is 23.9. The third-order valence-electron chi connectivity index (χ3n) is 9.01. The predicted molar refractivity (Wildman–Crippen MR) is 170 cm³/mol. The molecule has 4 heterocycles. The summed E-state index contributed by atoms with van der Waals surface area (Å²) in [7, 11) is 0. The summed E-state index contributed by atoms with van der Waals surface area (Å²) in [5, 5.41) is 3.45. The minimum absolute atomic E-state index is 0.0565. The first-order valence-electron chi connectivity index (χ1n) is 15.9. The first-order chi connectivity index (χ1) is 20.7. The molecule has 1 aromatic carbocycles. The minimum Gasteiger partial charge on any atom is -0.444 e. The Morgan fingerprint density at radius 1 is 1.07 bits per heavy atom. The summed E-state index contributed by atoms with van der Waals surface area (Å²) in [4.78, 5) is 40.7. The Hall–Kier alpha value is -3.24. The molecule has 2 amide bonds. The Bertz CT molecular complexity index is 1340. The van der Waals surface area contributed by atoms with Crippen LogP contribution in [0.3, 0.4) is 0 Å². The van der Waals surface area contributed by atoms with E-state index in [1.54, 1.807) is 17.0 Å². The fourth-order valence-electron chi connectivity index (χ4n) is 6.72. The second-order valence-corrected chi connectivity index (χ2v) is 14.5. The molecule has 0 saturated carbocycles. The second-order valence-electron chi connectivity index (χ2n) is 14.5. The molecule has 240 valence electrons. The topological polar surface area (TPSA) is 81.2 Å². The van der Waals surface area contributed by atoms with Crippen LogP contribution in [0.2, 0.25) is 0 Å². The lowest BCUT2D eigenvalue weighted by Crippen LogP contribution is -2.65. The number of nitrogens with zero attached hydrogens (tertiary/aromatic N) is 5. The van der Waals surface area contributed by atoms with Crippen molar-refractivity contribution in [1.29, 1.82) is 0 Å². The van der Waals surface area contributed by atoms with E-state index >= 15 is 0 Å². The van der Waals surface area contributed by atoms with Gasteiger partial charge in [-0.05, 0) is 70.4 Å². The van der Waals surface area contributed by atoms with E-state index in [2.05, 4.69) is 42.0 Å². The van der Waals surface area contributed by atoms with Crippen LogP contribution in [-0.2, 0) is 21.4 Å². The summed E-state index contributed by atoms with van der Waals surface area (Å²) in [5.74, 6) is -0.195. The van der Waals surface area contributed by atoms with Gasteiger partial charge in [-0.2, -0.15) is 0 Å². The van der Waals surface area contributed by atoms with E-state index in [0.717, 1.165) is 42.1 Å². The van der Waals surface area contributed by atoms with E-state index in [9.17, 15) is 14.0 Å². The number of pyridine rings is 1. The van der Waals surface area contributed by atoms with Gasteiger partial charge in [0.25, 0.3) is 0 Å². The fourth-order valence-corrected chi connectivity index (χ4v) is 6.72. The summed E-state index contributed by atoms with van der Waals surface area (Å²) < 4.78 is 19.2. The highest BCUT2D eigenvalue weighted by Crippen LogP contribution is 2.39. The number of hydrogen-bond donors (Lipinski definition) is 1. The Labute approximate surface area is 261 Å². The summed E-state index contributed by atoms with van der Waals surface area (Å²) in [6.45, 7) is 19.4. The number of nitrogens with one attached hydrogen (secondary N) is 1. The molecule has 2 saturated heterocycles. The monoisotopic (exact) mass is 608 g/mol. The maximum atomic E-state index is 14.2. The maximum absolute atomic E-state index is 14.2. The molecule has 44 heavy (non-hydrogen) atoms. The van der Waals surface area contributed by atoms with E-state index in [-0.39, 0.29) is 41.9 Å². The van der Waals surface area contributed by atoms with Crippen molar-refractivity contribution in [1.82, 2.24) is 25.0 Å². The van der Waals surface area contributed by atoms with Gasteiger partial charge in [0.2, 0.25) is 5.91 Å². The van der Waals surface area contributed by atoms with Crippen LogP contribution >= 0.6 is 0 Å². The first-order valence-corrected chi connectivity index (χ1v) is 15.9. The van der Waals surface area contributed by atoms with Crippen LogP contribution in [0.25, 0.3) is 0 Å². The summed E-state index contributed by atoms with van der Waals surface area (Å²) in [6.07, 6.45) is 2.21. The Morgan fingerprint density at radius 2 is 1.80 bits per heavy atom. The quantitative estimate of drug-likeness (QED) is 0.530. The van der Waals surface area contributed by atoms with Crippen LogP contribution in [0.5, 0.6) is 0 Å². The number of anilines is 1. The van der Waals surface area contributed by atoms with E-state index in [1.807, 2.05) is 38.8 Å². The lowest BCUT2D eigenvalue weighted by Gasteiger charge is -2.48. The molecule has 0 radical (unpaired) electrons. The molecule has 3 atom stereocenters. The number of ether oxygens (including phenoxy) is 1. The van der Waals surface area contributed by atoms with Crippen molar-refractivity contribution in [2.45, 2.75) is 84.0 Å². The molecule has 1 aromatic heterocycles. The molecular weight excluding hydrogens is 559 g/mol. The van der Waals surface area contributed by atoms with Crippen molar-refractivity contribution in [3.05, 3.63) is 59.2 Å². The van der Waals surface area contributed by atoms with Gasteiger partial charge in [-0.15, -0.1) is 0 Å². The van der Waals surface area contributed by atoms with Crippen molar-refractivity contribution >= 4 is 17.7 Å². The fraction of sp³-hybridized carbons (Fsp3) is 0.618. The standard InChI is InChI=1S/C34H49FN6O3/c1-23-16-36-12-13-38(23)19-28-20-40(32(43)44-33(3,4)5)24(2)18-41(28)30(42)21-39-22-34(6,7)31-29(39)15-26(17-37-31)14-25-8-10-27(35)11-9-25/h8-11,15,17,23-24,28,36H,12-14,16,18-22H2,1-7H3/t23-,24-,28+/m1/s1. The number of rotatable bonds is 6. The van der Waals surface area contributed by atoms with Gasteiger partial charge in [0.15, 0.2) is 0 Å². The molecule has 0 unspecified atom stereocenters. The van der Waals surface area contributed by atoms with Crippen LogP contribution in [0.4, 0.5) is 14.9 Å². The van der Waals surface area contributed by atoms with Crippen molar-refractivity contribution in [2.24, 2.45) is 0 Å². The maximum Gasteiger partial charge on any atom is 0.410 e. The van der Waals surface area contributed by atoms with Crippen LogP contribution in [0, 0.1) is 5.82 Å². The molecule has 5 rings (SSSR count). The smallest absolute Gasteiger partial charge is 0.410 e. The zero-order chi connectivity index (χ0) is 31.8. The lowest BCUT2D eigenvalue weighted by molar-refractivity contribution is -0.137. The van der Waals surface area contributed by atoms with Gasteiger partial charge in [0.05, 0.1) is 24.0 Å². The number of carbonyl (C=O) groups is 2. The van der Waals surface area contributed by atoms with Gasteiger partial charge in [-0.1, -0.05) is 26.0 Å². The highest BCUT2D eigenvalue weighted by molar-refractivity contribution is 5.83. The van der Waals surface area contributed by atoms with Crippen LogP contribution in [0.15, 0.2) is 36.5 Å². The molecule has 10 heteroatoms. The number of aromatic nitrogens is 1. The average Bonchev–Trinajstić information content (AvgIpc) is 3.19. The highest BCUT2D eigenvalue weighted by atomic mass is 19.1.